The van der Waals surface area contributed by atoms with Crippen LogP contribution in [0.15, 0.2) is 88.5 Å². The smallest absolute Gasteiger partial charge is 0.296 e. The van der Waals surface area contributed by atoms with Crippen LogP contribution in [0.5, 0.6) is 11.5 Å². The number of rotatable bonds is 14. The van der Waals surface area contributed by atoms with Gasteiger partial charge in [0.2, 0.25) is 5.13 Å². The molecule has 4 aromatic rings. The third kappa shape index (κ3) is 7.75. The highest BCUT2D eigenvalue weighted by atomic mass is 35.5. The summed E-state index contributed by atoms with van der Waals surface area (Å²) in [6.45, 7) is 4.84. The van der Waals surface area contributed by atoms with Gasteiger partial charge in [0.25, 0.3) is 5.91 Å². The van der Waals surface area contributed by atoms with Crippen LogP contribution in [0.2, 0.25) is 10.0 Å². The molecule has 12 heteroatoms. The molecule has 5 rings (SSSR count). The van der Waals surface area contributed by atoms with Gasteiger partial charge in [0.1, 0.15) is 0 Å². The monoisotopic (exact) mass is 695 g/mol. The molecule has 0 spiro atoms. The van der Waals surface area contributed by atoms with Gasteiger partial charge in [0.05, 0.1) is 24.8 Å². The van der Waals surface area contributed by atoms with E-state index in [2.05, 4.69) is 17.1 Å². The fraction of sp³-hybridized carbons (Fsp3) is 0.235. The Balaban J connectivity index is 1.50. The van der Waals surface area contributed by atoms with Crippen molar-refractivity contribution in [1.82, 2.24) is 10.2 Å². The highest BCUT2D eigenvalue weighted by Crippen LogP contribution is 2.45. The Morgan fingerprint density at radius 1 is 1.04 bits per heavy atom. The number of aliphatic hydroxyl groups is 1. The Kier molecular flexibility index (Phi) is 11.4. The molecule has 0 aliphatic carbocycles. The van der Waals surface area contributed by atoms with E-state index in [9.17, 15) is 14.7 Å². The van der Waals surface area contributed by atoms with E-state index < -0.39 is 23.5 Å². The number of hydrogen-bond acceptors (Lipinski definition) is 9. The number of unbranched alkanes of at least 4 members (excludes halogenated alkanes) is 1. The summed E-state index contributed by atoms with van der Waals surface area (Å²) in [6, 6.07) is 18.8. The number of ether oxygens (including phenoxy) is 2. The zero-order valence-electron chi connectivity index (χ0n) is 25.1. The average Bonchev–Trinajstić information content (AvgIpc) is 3.62. The van der Waals surface area contributed by atoms with E-state index in [4.69, 9.17) is 32.7 Å². The van der Waals surface area contributed by atoms with E-state index in [1.165, 1.54) is 34.1 Å². The topological polar surface area (TPSA) is 102 Å². The van der Waals surface area contributed by atoms with E-state index in [-0.39, 0.29) is 10.7 Å². The second-order valence-corrected chi connectivity index (χ2v) is 13.2. The lowest BCUT2D eigenvalue weighted by atomic mass is 9.95. The molecule has 0 radical (unpaired) electrons. The summed E-state index contributed by atoms with van der Waals surface area (Å²) in [5, 5.41) is 21.1. The molecule has 0 saturated carbocycles. The van der Waals surface area contributed by atoms with Crippen LogP contribution in [0.4, 0.5) is 5.13 Å². The number of halogens is 2. The summed E-state index contributed by atoms with van der Waals surface area (Å²) in [4.78, 5) is 28.7. The molecule has 1 amide bonds. The number of nitrogens with zero attached hydrogens (tertiary/aromatic N) is 3. The van der Waals surface area contributed by atoms with Crippen LogP contribution in [0.3, 0.4) is 0 Å². The zero-order chi connectivity index (χ0) is 32.6. The van der Waals surface area contributed by atoms with Gasteiger partial charge in [-0.25, -0.2) is 0 Å². The Morgan fingerprint density at radius 3 is 2.59 bits per heavy atom. The van der Waals surface area contributed by atoms with Crippen molar-refractivity contribution in [2.24, 2.45) is 0 Å². The second-order valence-electron chi connectivity index (χ2n) is 10.2. The Morgan fingerprint density at radius 2 is 1.85 bits per heavy atom. The van der Waals surface area contributed by atoms with Gasteiger partial charge >= 0.3 is 0 Å². The fourth-order valence-corrected chi connectivity index (χ4v) is 7.17. The van der Waals surface area contributed by atoms with Crippen molar-refractivity contribution >= 4 is 69.2 Å². The van der Waals surface area contributed by atoms with Crippen LogP contribution in [0, 0.1) is 0 Å². The van der Waals surface area contributed by atoms with E-state index in [0.717, 1.165) is 24.0 Å². The van der Waals surface area contributed by atoms with Crippen molar-refractivity contribution in [3.05, 3.63) is 111 Å². The first-order chi connectivity index (χ1) is 22.3. The van der Waals surface area contributed by atoms with Crippen LogP contribution in [0.1, 0.15) is 49.4 Å². The van der Waals surface area contributed by atoms with Crippen molar-refractivity contribution in [1.29, 1.82) is 0 Å². The SMILES string of the molecule is CCCCOc1ccc(C2C(C(=O)/C=C/c3ccccc3)=C(O)C(=O)N2c2nnc(SCc3ccc(Cl)cc3Cl)s2)cc1OCC. The van der Waals surface area contributed by atoms with Crippen LogP contribution in [0.25, 0.3) is 6.08 Å². The molecule has 0 saturated heterocycles. The molecule has 1 N–H and O–H groups in total. The molecule has 3 aromatic carbocycles. The molecule has 1 atom stereocenters. The largest absolute Gasteiger partial charge is 0.503 e. The molecule has 1 aromatic heterocycles. The fourth-order valence-electron chi connectivity index (χ4n) is 4.74. The predicted molar refractivity (Wildman–Crippen MR) is 184 cm³/mol. The first-order valence-electron chi connectivity index (χ1n) is 14.6. The van der Waals surface area contributed by atoms with Crippen molar-refractivity contribution in [3.8, 4) is 11.5 Å². The number of aromatic nitrogens is 2. The maximum absolute atomic E-state index is 13.7. The quantitative estimate of drug-likeness (QED) is 0.0604. The maximum Gasteiger partial charge on any atom is 0.296 e. The summed E-state index contributed by atoms with van der Waals surface area (Å²) >= 11 is 14.9. The van der Waals surface area contributed by atoms with Gasteiger partial charge in [-0.1, -0.05) is 108 Å². The molecule has 0 fully saturated rings. The Bertz CT molecular complexity index is 1780. The predicted octanol–water partition coefficient (Wildman–Crippen LogP) is 8.90. The first-order valence-corrected chi connectivity index (χ1v) is 17.2. The van der Waals surface area contributed by atoms with E-state index in [1.54, 1.807) is 36.4 Å². The van der Waals surface area contributed by atoms with Crippen molar-refractivity contribution in [2.75, 3.05) is 18.1 Å². The van der Waals surface area contributed by atoms with Gasteiger partial charge in [-0.2, -0.15) is 0 Å². The lowest BCUT2D eigenvalue weighted by Gasteiger charge is -2.24. The zero-order valence-corrected chi connectivity index (χ0v) is 28.3. The van der Waals surface area contributed by atoms with Gasteiger partial charge < -0.3 is 14.6 Å². The number of aliphatic hydroxyl groups excluding tert-OH is 1. The molecule has 1 aliphatic heterocycles. The molecule has 2 heterocycles. The number of benzene rings is 3. The summed E-state index contributed by atoms with van der Waals surface area (Å²) in [7, 11) is 0. The van der Waals surface area contributed by atoms with E-state index >= 15 is 0 Å². The van der Waals surface area contributed by atoms with Gasteiger partial charge in [-0.05, 0) is 60.4 Å². The van der Waals surface area contributed by atoms with Crippen LogP contribution >= 0.6 is 46.3 Å². The van der Waals surface area contributed by atoms with Gasteiger partial charge in [0, 0.05) is 15.8 Å². The molecule has 46 heavy (non-hydrogen) atoms. The molecular weight excluding hydrogens is 665 g/mol. The molecular formula is C34H31Cl2N3O5S2. The number of thioether (sulfide) groups is 1. The molecule has 238 valence electrons. The lowest BCUT2D eigenvalue weighted by Crippen LogP contribution is -2.31. The van der Waals surface area contributed by atoms with Crippen LogP contribution in [-0.2, 0) is 15.3 Å². The molecule has 1 unspecified atom stereocenters. The summed E-state index contributed by atoms with van der Waals surface area (Å²) in [6.07, 6.45) is 4.85. The minimum Gasteiger partial charge on any atom is -0.503 e. The number of carbonyl (C=O) groups excluding carboxylic acids is 2. The van der Waals surface area contributed by atoms with Crippen molar-refractivity contribution in [2.45, 2.75) is 42.8 Å². The standard InChI is InChI=1S/C34H31Cl2N3O5S2/c1-3-5-17-44-27-16-13-22(18-28(27)43-4-2)30-29(26(40)15-11-21-9-7-6-8-10-21)31(41)32(42)39(30)33-37-38-34(46-33)45-20-23-12-14-24(35)19-25(23)36/h6-16,18-19,30,41H,3-5,17,20H2,1-2H3/b15-11+. The Hall–Kier alpha value is -3.83. The average molecular weight is 697 g/mol. The Labute approximate surface area is 285 Å². The number of carbonyl (C=O) groups is 2. The molecule has 0 bridgehead atoms. The maximum atomic E-state index is 13.7. The third-order valence-corrected chi connectivity index (χ3v) is 9.70. The van der Waals surface area contributed by atoms with Gasteiger partial charge in [-0.3, -0.25) is 14.5 Å². The van der Waals surface area contributed by atoms with Crippen LogP contribution < -0.4 is 14.4 Å². The minimum atomic E-state index is -0.999. The van der Waals surface area contributed by atoms with Crippen LogP contribution in [-0.4, -0.2) is 40.2 Å². The molecule has 8 nitrogen and oxygen atoms in total. The van der Waals surface area contributed by atoms with E-state index in [1.807, 2.05) is 43.3 Å². The first kappa shape index (κ1) is 33.5. The highest BCUT2D eigenvalue weighted by molar-refractivity contribution is 8.00. The number of hydrogen-bond donors (Lipinski definition) is 1. The van der Waals surface area contributed by atoms with E-state index in [0.29, 0.717) is 50.4 Å². The van der Waals surface area contributed by atoms with Gasteiger partial charge in [0.15, 0.2) is 27.4 Å². The lowest BCUT2D eigenvalue weighted by molar-refractivity contribution is -0.117. The van der Waals surface area contributed by atoms with Crippen molar-refractivity contribution in [3.63, 3.8) is 0 Å². The normalized spacial score (nSPS) is 14.8. The minimum absolute atomic E-state index is 0.0726. The number of ketones is 1. The highest BCUT2D eigenvalue weighted by Gasteiger charge is 2.45. The third-order valence-electron chi connectivity index (χ3n) is 7.01. The van der Waals surface area contributed by atoms with Gasteiger partial charge in [-0.15, -0.1) is 10.2 Å². The number of anilines is 1. The summed E-state index contributed by atoms with van der Waals surface area (Å²) < 4.78 is 12.4. The van der Waals surface area contributed by atoms with Crippen molar-refractivity contribution < 1.29 is 24.2 Å². The number of allylic oxidation sites excluding steroid dienone is 1. The summed E-state index contributed by atoms with van der Waals surface area (Å²) in [5.41, 5.74) is 2.13. The second kappa shape index (κ2) is 15.6. The summed E-state index contributed by atoms with van der Waals surface area (Å²) in [5.74, 6) is -0.399. The number of amides is 1. The molecule has 1 aliphatic rings.